The van der Waals surface area contributed by atoms with Gasteiger partial charge in [0.25, 0.3) is 0 Å². The van der Waals surface area contributed by atoms with E-state index in [-0.39, 0.29) is 5.02 Å². The first-order valence-corrected chi connectivity index (χ1v) is 7.95. The van der Waals surface area contributed by atoms with Gasteiger partial charge in [0.1, 0.15) is 5.82 Å². The Morgan fingerprint density at radius 1 is 1.08 bits per heavy atom. The van der Waals surface area contributed by atoms with Gasteiger partial charge in [-0.25, -0.2) is 14.4 Å². The van der Waals surface area contributed by atoms with Crippen LogP contribution in [0, 0.1) is 5.82 Å². The smallest absolute Gasteiger partial charge is 0.399 e. The maximum Gasteiger partial charge on any atom is 0.498 e. The molecule has 0 bridgehead atoms. The quantitative estimate of drug-likeness (QED) is 0.862. The zero-order chi connectivity index (χ0) is 17.5. The molecule has 1 saturated heterocycles. The minimum Gasteiger partial charge on any atom is -0.399 e. The molecule has 2 aromatic rings. The molecule has 1 aromatic carbocycles. The van der Waals surface area contributed by atoms with Crippen LogP contribution in [0.25, 0.3) is 0 Å². The molecule has 5 nitrogen and oxygen atoms in total. The zero-order valence-corrected chi connectivity index (χ0v) is 14.7. The Morgan fingerprint density at radius 3 is 2.21 bits per heavy atom. The number of hydrogen-bond acceptors (Lipinski definition) is 5. The summed E-state index contributed by atoms with van der Waals surface area (Å²) in [4.78, 5) is 8.49. The summed E-state index contributed by atoms with van der Waals surface area (Å²) in [6.07, 6.45) is 3.28. The molecule has 24 heavy (non-hydrogen) atoms. The van der Waals surface area contributed by atoms with E-state index in [1.54, 1.807) is 18.5 Å². The molecule has 8 heteroatoms. The molecule has 1 fully saturated rings. The third kappa shape index (κ3) is 3.24. The highest BCUT2D eigenvalue weighted by Crippen LogP contribution is 2.36. The van der Waals surface area contributed by atoms with Crippen molar-refractivity contribution < 1.29 is 13.7 Å². The molecule has 1 aromatic heterocycles. The van der Waals surface area contributed by atoms with Crippen LogP contribution >= 0.6 is 11.6 Å². The Labute approximate surface area is 145 Å². The standard InChI is InChI=1S/C16H18BClFN3O2/c1-15(2)16(3,4)24-17(23-15)10-8-20-14(21-9-10)22-11-5-6-13(19)12(18)7-11/h5-9H,1-4H3,(H,20,21,22). The second kappa shape index (κ2) is 5.99. The van der Waals surface area contributed by atoms with Crippen molar-refractivity contribution >= 4 is 35.8 Å². The average Bonchev–Trinajstić information content (AvgIpc) is 2.72. The lowest BCUT2D eigenvalue weighted by atomic mass is 9.81. The summed E-state index contributed by atoms with van der Waals surface area (Å²) in [7, 11) is -0.510. The molecular formula is C16H18BClFN3O2. The molecule has 0 spiro atoms. The van der Waals surface area contributed by atoms with Gasteiger partial charge >= 0.3 is 7.12 Å². The van der Waals surface area contributed by atoms with Crippen LogP contribution in [0.4, 0.5) is 16.0 Å². The van der Waals surface area contributed by atoms with Crippen molar-refractivity contribution in [1.29, 1.82) is 0 Å². The fourth-order valence-corrected chi connectivity index (χ4v) is 2.39. The van der Waals surface area contributed by atoms with Gasteiger partial charge in [-0.2, -0.15) is 0 Å². The summed E-state index contributed by atoms with van der Waals surface area (Å²) in [5, 5.41) is 3.00. The molecular weight excluding hydrogens is 331 g/mol. The second-order valence-electron chi connectivity index (χ2n) is 6.68. The molecule has 0 aliphatic carbocycles. The van der Waals surface area contributed by atoms with Gasteiger partial charge in [-0.3, -0.25) is 0 Å². The number of halogens is 2. The minimum atomic E-state index is -0.510. The molecule has 0 atom stereocenters. The highest BCUT2D eigenvalue weighted by atomic mass is 35.5. The Hall–Kier alpha value is -1.70. The molecule has 2 heterocycles. The van der Waals surface area contributed by atoms with Crippen molar-refractivity contribution in [3.63, 3.8) is 0 Å². The van der Waals surface area contributed by atoms with Crippen LogP contribution in [0.2, 0.25) is 5.02 Å². The Bertz CT molecular complexity index is 739. The van der Waals surface area contributed by atoms with Crippen LogP contribution in [0.1, 0.15) is 27.7 Å². The number of rotatable bonds is 3. The van der Waals surface area contributed by atoms with Crippen molar-refractivity contribution in [2.45, 2.75) is 38.9 Å². The van der Waals surface area contributed by atoms with Gasteiger partial charge in [-0.05, 0) is 45.9 Å². The monoisotopic (exact) mass is 349 g/mol. The van der Waals surface area contributed by atoms with Crippen LogP contribution in [0.15, 0.2) is 30.6 Å². The van der Waals surface area contributed by atoms with E-state index in [0.29, 0.717) is 11.6 Å². The normalized spacial score (nSPS) is 18.7. The number of nitrogens with one attached hydrogen (secondary N) is 1. The highest BCUT2D eigenvalue weighted by Gasteiger charge is 2.51. The first kappa shape index (κ1) is 17.1. The van der Waals surface area contributed by atoms with Gasteiger partial charge in [0.2, 0.25) is 5.95 Å². The predicted octanol–water partition coefficient (Wildman–Crippen LogP) is 3.31. The maximum atomic E-state index is 13.2. The molecule has 0 unspecified atom stereocenters. The first-order chi connectivity index (χ1) is 11.2. The third-order valence-corrected chi connectivity index (χ3v) is 4.66. The van der Waals surface area contributed by atoms with Gasteiger partial charge in [-0.1, -0.05) is 11.6 Å². The minimum absolute atomic E-state index is 0.0360. The fraction of sp³-hybridized carbons (Fsp3) is 0.375. The van der Waals surface area contributed by atoms with Crippen LogP contribution in [0.5, 0.6) is 0 Å². The summed E-state index contributed by atoms with van der Waals surface area (Å²) < 4.78 is 25.1. The molecule has 1 aliphatic heterocycles. The van der Waals surface area contributed by atoms with Gasteiger partial charge in [0.05, 0.1) is 16.2 Å². The summed E-state index contributed by atoms with van der Waals surface area (Å²) in [6, 6.07) is 4.32. The van der Waals surface area contributed by atoms with Crippen LogP contribution < -0.4 is 10.8 Å². The molecule has 1 N–H and O–H groups in total. The summed E-state index contributed by atoms with van der Waals surface area (Å²) >= 11 is 5.76. The van der Waals surface area contributed by atoms with Crippen molar-refractivity contribution in [2.24, 2.45) is 0 Å². The molecule has 3 rings (SSSR count). The van der Waals surface area contributed by atoms with Gasteiger partial charge in [0.15, 0.2) is 0 Å². The molecule has 0 radical (unpaired) electrons. The van der Waals surface area contributed by atoms with Crippen molar-refractivity contribution in [3.8, 4) is 0 Å². The van der Waals surface area contributed by atoms with E-state index < -0.39 is 24.1 Å². The van der Waals surface area contributed by atoms with E-state index in [0.717, 1.165) is 5.46 Å². The van der Waals surface area contributed by atoms with Crippen LogP contribution in [-0.2, 0) is 9.31 Å². The maximum absolute atomic E-state index is 13.2. The van der Waals surface area contributed by atoms with Crippen molar-refractivity contribution in [3.05, 3.63) is 41.4 Å². The lowest BCUT2D eigenvalue weighted by Crippen LogP contribution is -2.41. The lowest BCUT2D eigenvalue weighted by molar-refractivity contribution is 0.00578. The molecule has 0 saturated carbocycles. The SMILES string of the molecule is CC1(C)OB(c2cnc(Nc3ccc(F)c(Cl)c3)nc2)OC1(C)C. The van der Waals surface area contributed by atoms with Crippen LogP contribution in [0.3, 0.4) is 0 Å². The Morgan fingerprint density at radius 2 is 1.67 bits per heavy atom. The first-order valence-electron chi connectivity index (χ1n) is 7.58. The number of nitrogens with zero attached hydrogens (tertiary/aromatic N) is 2. The number of anilines is 2. The summed E-state index contributed by atoms with van der Waals surface area (Å²) in [5.41, 5.74) is 0.500. The lowest BCUT2D eigenvalue weighted by Gasteiger charge is -2.32. The predicted molar refractivity (Wildman–Crippen MR) is 92.4 cm³/mol. The van der Waals surface area contributed by atoms with E-state index in [1.165, 1.54) is 12.1 Å². The number of aromatic nitrogens is 2. The van der Waals surface area contributed by atoms with Crippen molar-refractivity contribution in [2.75, 3.05) is 5.32 Å². The molecule has 0 amide bonds. The fourth-order valence-electron chi connectivity index (χ4n) is 2.21. The molecule has 126 valence electrons. The van der Waals surface area contributed by atoms with E-state index in [2.05, 4.69) is 15.3 Å². The third-order valence-electron chi connectivity index (χ3n) is 4.37. The summed E-state index contributed by atoms with van der Waals surface area (Å²) in [5.74, 6) is -0.0998. The average molecular weight is 350 g/mol. The van der Waals surface area contributed by atoms with E-state index in [1.807, 2.05) is 27.7 Å². The van der Waals surface area contributed by atoms with Crippen LogP contribution in [-0.4, -0.2) is 28.3 Å². The number of benzene rings is 1. The van der Waals surface area contributed by atoms with E-state index in [9.17, 15) is 4.39 Å². The van der Waals surface area contributed by atoms with Gasteiger partial charge in [-0.15, -0.1) is 0 Å². The summed E-state index contributed by atoms with van der Waals surface area (Å²) in [6.45, 7) is 7.95. The number of hydrogen-bond donors (Lipinski definition) is 1. The zero-order valence-electron chi connectivity index (χ0n) is 13.9. The van der Waals surface area contributed by atoms with E-state index in [4.69, 9.17) is 20.9 Å². The van der Waals surface area contributed by atoms with Gasteiger partial charge < -0.3 is 14.6 Å². The van der Waals surface area contributed by atoms with E-state index >= 15 is 0 Å². The topological polar surface area (TPSA) is 56.3 Å². The largest absolute Gasteiger partial charge is 0.498 e. The Balaban J connectivity index is 1.73. The second-order valence-corrected chi connectivity index (χ2v) is 7.09. The van der Waals surface area contributed by atoms with Gasteiger partial charge in [0, 0.05) is 23.5 Å². The highest BCUT2D eigenvalue weighted by molar-refractivity contribution is 6.61. The van der Waals surface area contributed by atoms with Crippen molar-refractivity contribution in [1.82, 2.24) is 9.97 Å². The Kier molecular flexibility index (Phi) is 4.27. The molecule has 1 aliphatic rings.